The van der Waals surface area contributed by atoms with Gasteiger partial charge in [0.1, 0.15) is 12.2 Å². The lowest BCUT2D eigenvalue weighted by Gasteiger charge is -2.28. The van der Waals surface area contributed by atoms with Gasteiger partial charge in [0.05, 0.1) is 20.2 Å². The number of unbranched alkanes of at least 4 members (excludes halogenated alkanes) is 1. The molecular weight excluding hydrogens is 639 g/mol. The summed E-state index contributed by atoms with van der Waals surface area (Å²) in [4.78, 5) is 9.77. The predicted octanol–water partition coefficient (Wildman–Crippen LogP) is 8.11. The van der Waals surface area contributed by atoms with E-state index in [1.165, 1.54) is 42.7 Å². The van der Waals surface area contributed by atoms with E-state index in [0.29, 0.717) is 35.2 Å². The van der Waals surface area contributed by atoms with Crippen molar-refractivity contribution >= 4 is 36.8 Å². The minimum Gasteiger partial charge on any atom is -0.375 e. The number of thioether (sulfide) groups is 1. The molecule has 0 radical (unpaired) electrons. The third kappa shape index (κ3) is 7.39. The molecule has 1 aromatic carbocycles. The fourth-order valence-corrected chi connectivity index (χ4v) is 11.7. The number of nitrogens with zero attached hydrogens (tertiary/aromatic N) is 5. The number of anilines is 1. The van der Waals surface area contributed by atoms with E-state index in [4.69, 9.17) is 24.2 Å². The van der Waals surface area contributed by atoms with Crippen molar-refractivity contribution in [2.24, 2.45) is 0 Å². The molecule has 1 saturated heterocycles. The summed E-state index contributed by atoms with van der Waals surface area (Å²) >= 11 is 1.59. The van der Waals surface area contributed by atoms with Crippen molar-refractivity contribution < 1.29 is 23.0 Å². The predicted molar refractivity (Wildman–Crippen MR) is 184 cm³/mol. The zero-order valence-corrected chi connectivity index (χ0v) is 30.4. The highest BCUT2D eigenvalue weighted by atomic mass is 32.2. The number of rotatable bonds is 16. The van der Waals surface area contributed by atoms with Crippen LogP contribution in [0, 0.1) is 11.6 Å². The number of halogens is 2. The van der Waals surface area contributed by atoms with Gasteiger partial charge in [-0.2, -0.15) is 0 Å². The van der Waals surface area contributed by atoms with Gasteiger partial charge in [-0.3, -0.25) is 0 Å². The average Bonchev–Trinajstić information content (AvgIpc) is 3.39. The normalized spacial score (nSPS) is 26.6. The van der Waals surface area contributed by atoms with Gasteiger partial charge in [0.15, 0.2) is 39.6 Å². The molecule has 258 valence electrons. The van der Waals surface area contributed by atoms with E-state index in [9.17, 15) is 8.78 Å². The lowest BCUT2D eigenvalue weighted by molar-refractivity contribution is -0.170. The molecule has 3 heterocycles. The molecule has 6 rings (SSSR count). The van der Waals surface area contributed by atoms with E-state index >= 15 is 0 Å². The van der Waals surface area contributed by atoms with Crippen LogP contribution >= 0.6 is 11.8 Å². The molecule has 1 aliphatic heterocycles. The van der Waals surface area contributed by atoms with Crippen molar-refractivity contribution in [1.29, 1.82) is 0 Å². The van der Waals surface area contributed by atoms with Crippen LogP contribution in [0.5, 0.6) is 0 Å². The summed E-state index contributed by atoms with van der Waals surface area (Å²) in [7, 11) is -1.13. The number of fused-ring (bicyclic) bond motifs is 2. The molecule has 6 atom stereocenters. The van der Waals surface area contributed by atoms with Crippen LogP contribution in [-0.4, -0.2) is 75.5 Å². The molecule has 0 spiro atoms. The van der Waals surface area contributed by atoms with E-state index in [-0.39, 0.29) is 36.3 Å². The van der Waals surface area contributed by atoms with E-state index in [1.807, 2.05) is 18.5 Å². The zero-order valence-electron chi connectivity index (χ0n) is 28.6. The average molecular weight is 689 g/mol. The Balaban J connectivity index is 1.20. The summed E-state index contributed by atoms with van der Waals surface area (Å²) in [5, 5.41) is 13.4. The molecule has 2 saturated carbocycles. The molecule has 0 amide bonds. The molecule has 3 aromatic rings. The first kappa shape index (κ1) is 34.7. The van der Waals surface area contributed by atoms with Crippen LogP contribution in [0.3, 0.4) is 0 Å². The van der Waals surface area contributed by atoms with E-state index in [2.05, 4.69) is 43.3 Å². The number of aromatic nitrogens is 5. The fourth-order valence-electron chi connectivity index (χ4n) is 7.46. The maximum absolute atomic E-state index is 13.9. The van der Waals surface area contributed by atoms with E-state index in [0.717, 1.165) is 30.6 Å². The Kier molecular flexibility index (Phi) is 10.6. The molecule has 0 unspecified atom stereocenters. The molecule has 13 heteroatoms. The largest absolute Gasteiger partial charge is 0.375 e. The first-order chi connectivity index (χ1) is 22.6. The fraction of sp³-hybridized carbons (Fsp3) is 0.706. The van der Waals surface area contributed by atoms with Gasteiger partial charge >= 0.3 is 0 Å². The molecule has 3 aliphatic rings. The Morgan fingerprint density at radius 2 is 1.79 bits per heavy atom. The maximum Gasteiger partial charge on any atom is 0.191 e. The molecule has 1 N–H and O–H groups in total. The second kappa shape index (κ2) is 14.3. The SMILES string of the molecule is CCCSc1nc(N[C@@H]2C[C@H]2c2ccc(F)c(F)c2)c2nnn([C@@H]3C[C@H](OCCCC[Si](CC)(CC)CC)[C@H]4OC(C)(C)O[C@H]43)c2n1. The zero-order chi connectivity index (χ0) is 33.3. The van der Waals surface area contributed by atoms with Gasteiger partial charge in [-0.25, -0.2) is 23.4 Å². The van der Waals surface area contributed by atoms with Crippen molar-refractivity contribution in [2.75, 3.05) is 17.7 Å². The Morgan fingerprint density at radius 1 is 1.02 bits per heavy atom. The van der Waals surface area contributed by atoms with Crippen LogP contribution in [0.15, 0.2) is 23.4 Å². The highest BCUT2D eigenvalue weighted by Gasteiger charge is 2.56. The molecule has 47 heavy (non-hydrogen) atoms. The van der Waals surface area contributed by atoms with Crippen LogP contribution in [0.4, 0.5) is 14.6 Å². The standard InChI is InChI=1S/C34H50F2N6O3SSi/c1-7-16-46-33-38-31(37-25-19-22(25)21-13-14-23(35)24(36)18-21)28-32(39-33)42(41-40-28)26-20-27(30-29(26)44-34(5,6)45-30)43-15-11-12-17-47(8-2,9-3)10-4/h13-14,18,22,25-27,29-30H,7-12,15-17,19-20H2,1-6H3,(H,37,38,39)/t22-,25+,26+,27-,29-,30+/m0/s1. The summed E-state index contributed by atoms with van der Waals surface area (Å²) in [5.41, 5.74) is 1.99. The summed E-state index contributed by atoms with van der Waals surface area (Å²) in [6.45, 7) is 13.8. The van der Waals surface area contributed by atoms with Gasteiger partial charge in [-0.1, -0.05) is 81.3 Å². The molecule has 0 bridgehead atoms. The van der Waals surface area contributed by atoms with Gasteiger partial charge in [-0.15, -0.1) is 5.10 Å². The Hall–Kier alpha value is -2.19. The number of benzene rings is 1. The number of hydrogen-bond donors (Lipinski definition) is 1. The quantitative estimate of drug-likeness (QED) is 0.0693. The monoisotopic (exact) mass is 688 g/mol. The van der Waals surface area contributed by atoms with Crippen LogP contribution < -0.4 is 5.32 Å². The highest BCUT2D eigenvalue weighted by Crippen LogP contribution is 2.47. The lowest BCUT2D eigenvalue weighted by Crippen LogP contribution is -2.32. The summed E-state index contributed by atoms with van der Waals surface area (Å²) < 4.78 is 48.8. The Bertz CT molecular complexity index is 1530. The number of hydrogen-bond acceptors (Lipinski definition) is 9. The van der Waals surface area contributed by atoms with Gasteiger partial charge in [0.2, 0.25) is 0 Å². The third-order valence-corrected chi connectivity index (χ3v) is 17.6. The minimum atomic E-state index is -1.13. The van der Waals surface area contributed by atoms with Gasteiger partial charge in [0, 0.05) is 30.7 Å². The van der Waals surface area contributed by atoms with E-state index < -0.39 is 25.5 Å². The molecule has 9 nitrogen and oxygen atoms in total. The first-order valence-corrected chi connectivity index (χ1v) is 21.4. The molecule has 3 fully saturated rings. The lowest BCUT2D eigenvalue weighted by atomic mass is 10.1. The van der Waals surface area contributed by atoms with Gasteiger partial charge in [0.25, 0.3) is 0 Å². The van der Waals surface area contributed by atoms with Crippen molar-refractivity contribution in [3.05, 3.63) is 35.4 Å². The van der Waals surface area contributed by atoms with Crippen LogP contribution in [0.1, 0.15) is 91.2 Å². The van der Waals surface area contributed by atoms with Crippen molar-refractivity contribution in [2.45, 2.75) is 145 Å². The van der Waals surface area contributed by atoms with Crippen molar-refractivity contribution in [3.63, 3.8) is 0 Å². The Morgan fingerprint density at radius 3 is 2.51 bits per heavy atom. The van der Waals surface area contributed by atoms with Crippen LogP contribution in [-0.2, 0) is 14.2 Å². The molecular formula is C34H50F2N6O3SSi. The van der Waals surface area contributed by atoms with Crippen LogP contribution in [0.25, 0.3) is 11.2 Å². The Labute approximate surface area is 282 Å². The van der Waals surface area contributed by atoms with Crippen molar-refractivity contribution in [1.82, 2.24) is 25.0 Å². The second-order valence-electron chi connectivity index (χ2n) is 14.0. The number of nitrogens with one attached hydrogen (secondary N) is 1. The van der Waals surface area contributed by atoms with E-state index in [1.54, 1.807) is 17.8 Å². The maximum atomic E-state index is 13.9. The highest BCUT2D eigenvalue weighted by molar-refractivity contribution is 7.99. The summed E-state index contributed by atoms with van der Waals surface area (Å²) in [6.07, 6.45) is 4.15. The molecule has 2 aromatic heterocycles. The smallest absolute Gasteiger partial charge is 0.191 e. The third-order valence-electron chi connectivity index (χ3n) is 10.6. The topological polar surface area (TPSA) is 96.2 Å². The van der Waals surface area contributed by atoms with Crippen LogP contribution in [0.2, 0.25) is 24.2 Å². The van der Waals surface area contributed by atoms with Crippen molar-refractivity contribution in [3.8, 4) is 0 Å². The minimum absolute atomic E-state index is 0.0212. The molecule has 2 aliphatic carbocycles. The first-order valence-electron chi connectivity index (χ1n) is 17.5. The summed E-state index contributed by atoms with van der Waals surface area (Å²) in [6, 6.07) is 9.42. The van der Waals surface area contributed by atoms with Gasteiger partial charge < -0.3 is 19.5 Å². The second-order valence-corrected chi connectivity index (χ2v) is 20.7. The number of ether oxygens (including phenoxy) is 3. The summed E-state index contributed by atoms with van der Waals surface area (Å²) in [5.74, 6) is -0.860. The van der Waals surface area contributed by atoms with Gasteiger partial charge in [-0.05, 0) is 50.8 Å².